The summed E-state index contributed by atoms with van der Waals surface area (Å²) < 4.78 is 15.8. The number of likely N-dealkylation sites (N-methyl/N-ethyl adjacent to an activating group) is 1. The monoisotopic (exact) mass is 446 g/mol. The van der Waals surface area contributed by atoms with Gasteiger partial charge in [0.15, 0.2) is 11.5 Å². The fourth-order valence-corrected chi connectivity index (χ4v) is 5.41. The molecule has 1 aromatic heterocycles. The predicted molar refractivity (Wildman–Crippen MR) is 121 cm³/mol. The predicted octanol–water partition coefficient (Wildman–Crippen LogP) is 3.75. The van der Waals surface area contributed by atoms with E-state index >= 15 is 0 Å². The molecule has 168 valence electrons. The lowest BCUT2D eigenvalue weighted by atomic mass is 9.88. The zero-order chi connectivity index (χ0) is 22.5. The summed E-state index contributed by atoms with van der Waals surface area (Å²) in [6, 6.07) is 5.67. The van der Waals surface area contributed by atoms with E-state index in [1.807, 2.05) is 30.1 Å². The van der Waals surface area contributed by atoms with Gasteiger partial charge in [0.1, 0.15) is 5.00 Å². The molecule has 0 bridgehead atoms. The molecule has 0 fully saturated rings. The molecule has 0 radical (unpaired) electrons. The third-order valence-electron chi connectivity index (χ3n) is 5.49. The number of nitrogens with one attached hydrogen (secondary N) is 1. The number of benzene rings is 1. The topological polar surface area (TPSA) is 77.1 Å². The maximum Gasteiger partial charge on any atom is 0.341 e. The SMILES string of the molecule is COC(=O)c1c(NC(=O)CN(C)Cc2cccc(OC)c2OC)sc2c1CC[C@H](C)C2. The molecule has 7 nitrogen and oxygen atoms in total. The molecular weight excluding hydrogens is 416 g/mol. The first-order valence-corrected chi connectivity index (χ1v) is 11.1. The number of fused-ring (bicyclic) bond motifs is 1. The van der Waals surface area contributed by atoms with Crippen molar-refractivity contribution in [2.45, 2.75) is 32.7 Å². The summed E-state index contributed by atoms with van der Waals surface area (Å²) in [6.45, 7) is 2.89. The fourth-order valence-electron chi connectivity index (χ4n) is 3.99. The first-order valence-electron chi connectivity index (χ1n) is 10.3. The number of carbonyl (C=O) groups is 2. The molecule has 0 saturated heterocycles. The summed E-state index contributed by atoms with van der Waals surface area (Å²) in [6.07, 6.45) is 2.80. The highest BCUT2D eigenvalue weighted by Crippen LogP contribution is 2.40. The number of hydrogen-bond acceptors (Lipinski definition) is 7. The van der Waals surface area contributed by atoms with Crippen molar-refractivity contribution in [1.82, 2.24) is 4.90 Å². The van der Waals surface area contributed by atoms with Crippen molar-refractivity contribution in [1.29, 1.82) is 0 Å². The molecule has 1 heterocycles. The number of methoxy groups -OCH3 is 3. The number of esters is 1. The van der Waals surface area contributed by atoms with Crippen molar-refractivity contribution in [3.8, 4) is 11.5 Å². The molecule has 1 amide bonds. The third kappa shape index (κ3) is 5.19. The third-order valence-corrected chi connectivity index (χ3v) is 6.66. The van der Waals surface area contributed by atoms with Gasteiger partial charge >= 0.3 is 5.97 Å². The molecule has 31 heavy (non-hydrogen) atoms. The highest BCUT2D eigenvalue weighted by molar-refractivity contribution is 7.17. The molecule has 0 spiro atoms. The van der Waals surface area contributed by atoms with Crippen LogP contribution in [0.4, 0.5) is 5.00 Å². The summed E-state index contributed by atoms with van der Waals surface area (Å²) >= 11 is 1.49. The van der Waals surface area contributed by atoms with Crippen LogP contribution < -0.4 is 14.8 Å². The zero-order valence-corrected chi connectivity index (χ0v) is 19.6. The van der Waals surface area contributed by atoms with Crippen LogP contribution in [0.5, 0.6) is 11.5 Å². The van der Waals surface area contributed by atoms with E-state index in [1.165, 1.54) is 23.3 Å². The van der Waals surface area contributed by atoms with Crippen molar-refractivity contribution in [2.75, 3.05) is 40.2 Å². The Labute approximate surface area is 187 Å². The van der Waals surface area contributed by atoms with Crippen LogP contribution in [-0.2, 0) is 28.9 Å². The van der Waals surface area contributed by atoms with E-state index in [9.17, 15) is 9.59 Å². The van der Waals surface area contributed by atoms with Crippen molar-refractivity contribution in [3.05, 3.63) is 39.8 Å². The van der Waals surface area contributed by atoms with E-state index in [0.717, 1.165) is 30.4 Å². The summed E-state index contributed by atoms with van der Waals surface area (Å²) in [5.41, 5.74) is 2.47. The van der Waals surface area contributed by atoms with Crippen molar-refractivity contribution < 1.29 is 23.8 Å². The smallest absolute Gasteiger partial charge is 0.341 e. The quantitative estimate of drug-likeness (QED) is 0.623. The van der Waals surface area contributed by atoms with Crippen molar-refractivity contribution in [2.24, 2.45) is 5.92 Å². The Morgan fingerprint density at radius 3 is 2.68 bits per heavy atom. The van der Waals surface area contributed by atoms with E-state index in [0.29, 0.717) is 34.5 Å². The van der Waals surface area contributed by atoms with Gasteiger partial charge in [-0.05, 0) is 43.9 Å². The van der Waals surface area contributed by atoms with Gasteiger partial charge in [-0.15, -0.1) is 11.3 Å². The molecule has 3 rings (SSSR count). The van der Waals surface area contributed by atoms with Crippen LogP contribution in [0.1, 0.15) is 39.7 Å². The lowest BCUT2D eigenvalue weighted by Crippen LogP contribution is -2.30. The molecule has 1 aliphatic rings. The van der Waals surface area contributed by atoms with Crippen LogP contribution in [0.2, 0.25) is 0 Å². The molecule has 1 atom stereocenters. The average molecular weight is 447 g/mol. The minimum absolute atomic E-state index is 0.167. The number of anilines is 1. The van der Waals surface area contributed by atoms with Crippen LogP contribution in [0.15, 0.2) is 18.2 Å². The van der Waals surface area contributed by atoms with E-state index in [4.69, 9.17) is 14.2 Å². The molecule has 1 aromatic carbocycles. The maximum absolute atomic E-state index is 12.8. The summed E-state index contributed by atoms with van der Waals surface area (Å²) in [5, 5.41) is 3.53. The lowest BCUT2D eigenvalue weighted by molar-refractivity contribution is -0.117. The molecule has 0 saturated carbocycles. The minimum Gasteiger partial charge on any atom is -0.493 e. The lowest BCUT2D eigenvalue weighted by Gasteiger charge is -2.19. The number of rotatable bonds is 8. The second-order valence-corrected chi connectivity index (χ2v) is 9.03. The Balaban J connectivity index is 1.72. The van der Waals surface area contributed by atoms with Crippen molar-refractivity contribution >= 4 is 28.2 Å². The minimum atomic E-state index is -0.392. The van der Waals surface area contributed by atoms with E-state index in [2.05, 4.69) is 12.2 Å². The Morgan fingerprint density at radius 1 is 1.23 bits per heavy atom. The van der Waals surface area contributed by atoms with Gasteiger partial charge in [-0.1, -0.05) is 19.1 Å². The average Bonchev–Trinajstić information content (AvgIpc) is 3.09. The standard InChI is InChI=1S/C23H30N2O5S/c1-14-9-10-16-18(11-14)31-22(20(16)23(27)30-5)24-19(26)13-25(2)12-15-7-6-8-17(28-3)21(15)29-4/h6-8,14H,9-13H2,1-5H3,(H,24,26)/t14-/m0/s1. The highest BCUT2D eigenvalue weighted by atomic mass is 32.1. The van der Waals surface area contributed by atoms with Crippen molar-refractivity contribution in [3.63, 3.8) is 0 Å². The Bertz CT molecular complexity index is 956. The molecule has 8 heteroatoms. The van der Waals surface area contributed by atoms with Gasteiger partial charge in [-0.2, -0.15) is 0 Å². The summed E-state index contributed by atoms with van der Waals surface area (Å²) in [4.78, 5) is 28.3. The first kappa shape index (κ1) is 23.1. The highest BCUT2D eigenvalue weighted by Gasteiger charge is 2.29. The Morgan fingerprint density at radius 2 is 2.00 bits per heavy atom. The number of thiophene rings is 1. The second-order valence-electron chi connectivity index (χ2n) is 7.92. The van der Waals surface area contributed by atoms with Gasteiger partial charge in [0.2, 0.25) is 5.91 Å². The number of nitrogens with zero attached hydrogens (tertiary/aromatic N) is 1. The van der Waals surface area contributed by atoms with Crippen LogP contribution in [-0.4, -0.2) is 51.7 Å². The van der Waals surface area contributed by atoms with Gasteiger partial charge < -0.3 is 19.5 Å². The number of para-hydroxylation sites is 1. The fraction of sp³-hybridized carbons (Fsp3) is 0.478. The Kier molecular flexibility index (Phi) is 7.56. The van der Waals surface area contributed by atoms with Gasteiger partial charge in [-0.25, -0.2) is 4.79 Å². The number of carbonyl (C=O) groups excluding carboxylic acids is 2. The molecule has 1 N–H and O–H groups in total. The molecular formula is C23H30N2O5S. The van der Waals surface area contributed by atoms with Gasteiger partial charge in [0.25, 0.3) is 0 Å². The van der Waals surface area contributed by atoms with Crippen LogP contribution in [0.25, 0.3) is 0 Å². The molecule has 0 unspecified atom stereocenters. The van der Waals surface area contributed by atoms with Crippen LogP contribution in [0.3, 0.4) is 0 Å². The largest absolute Gasteiger partial charge is 0.493 e. The first-order chi connectivity index (χ1) is 14.9. The van der Waals surface area contributed by atoms with E-state index < -0.39 is 5.97 Å². The molecule has 0 aliphatic heterocycles. The molecule has 1 aliphatic carbocycles. The van der Waals surface area contributed by atoms with Crippen LogP contribution in [0, 0.1) is 5.92 Å². The second kappa shape index (κ2) is 10.2. The van der Waals surface area contributed by atoms with Gasteiger partial charge in [0.05, 0.1) is 33.4 Å². The van der Waals surface area contributed by atoms with E-state index in [-0.39, 0.29) is 12.5 Å². The summed E-state index contributed by atoms with van der Waals surface area (Å²) in [7, 11) is 6.43. The normalized spacial score (nSPS) is 15.4. The Hall–Kier alpha value is -2.58. The maximum atomic E-state index is 12.8. The summed E-state index contributed by atoms with van der Waals surface area (Å²) in [5.74, 6) is 1.31. The number of ether oxygens (including phenoxy) is 3. The van der Waals surface area contributed by atoms with Crippen LogP contribution >= 0.6 is 11.3 Å². The zero-order valence-electron chi connectivity index (χ0n) is 18.7. The number of hydrogen-bond donors (Lipinski definition) is 1. The van der Waals surface area contributed by atoms with Gasteiger partial charge in [0, 0.05) is 17.0 Å². The van der Waals surface area contributed by atoms with E-state index in [1.54, 1.807) is 14.2 Å². The molecule has 2 aromatic rings. The van der Waals surface area contributed by atoms with Gasteiger partial charge in [-0.3, -0.25) is 9.69 Å². The number of amides is 1.